The third kappa shape index (κ3) is 3.29. The molecule has 4 nitrogen and oxygen atoms in total. The Morgan fingerprint density at radius 2 is 2.14 bits per heavy atom. The number of nitrogens with one attached hydrogen (secondary N) is 1. The Morgan fingerprint density at radius 3 is 2.77 bits per heavy atom. The molecule has 1 heterocycles. The lowest BCUT2D eigenvalue weighted by atomic mass is 9.87. The van der Waals surface area contributed by atoms with Crippen molar-refractivity contribution in [2.75, 3.05) is 13.1 Å². The second kappa shape index (κ2) is 6.90. The largest absolute Gasteiger partial charge is 0.513 e. The number of hydrogen-bond donors (Lipinski definition) is 4. The van der Waals surface area contributed by atoms with Gasteiger partial charge in [-0.1, -0.05) is 30.3 Å². The normalized spacial score (nSPS) is 19.5. The highest BCUT2D eigenvalue weighted by Crippen LogP contribution is 2.42. The third-order valence-electron chi connectivity index (χ3n) is 3.79. The van der Waals surface area contributed by atoms with Crippen LogP contribution in [0.5, 0.6) is 11.5 Å². The van der Waals surface area contributed by atoms with Crippen LogP contribution in [0.25, 0.3) is 0 Å². The molecule has 0 saturated heterocycles. The Balaban J connectivity index is 2.58. The van der Waals surface area contributed by atoms with Gasteiger partial charge in [-0.25, -0.2) is 0 Å². The molecule has 0 saturated carbocycles. The highest BCUT2D eigenvalue weighted by molar-refractivity contribution is 6.33. The first kappa shape index (κ1) is 16.5. The summed E-state index contributed by atoms with van der Waals surface area (Å²) in [6.07, 6.45) is 5.78. The van der Waals surface area contributed by atoms with E-state index in [1.165, 1.54) is 0 Å². The number of hydrogen-bond acceptors (Lipinski definition) is 4. The van der Waals surface area contributed by atoms with Gasteiger partial charge in [0.2, 0.25) is 0 Å². The molecule has 1 aromatic carbocycles. The van der Waals surface area contributed by atoms with E-state index < -0.39 is 0 Å². The topological polar surface area (TPSA) is 72.7 Å². The summed E-state index contributed by atoms with van der Waals surface area (Å²) in [4.78, 5) is 0. The molecule has 0 aromatic heterocycles. The number of phenols is 2. The Labute approximate surface area is 135 Å². The lowest BCUT2D eigenvalue weighted by Gasteiger charge is -2.20. The first-order chi connectivity index (χ1) is 10.5. The Bertz CT molecular complexity index is 646. The van der Waals surface area contributed by atoms with Crippen LogP contribution in [-0.4, -0.2) is 28.4 Å². The van der Waals surface area contributed by atoms with Crippen LogP contribution in [0.4, 0.5) is 0 Å². The molecule has 1 unspecified atom stereocenters. The van der Waals surface area contributed by atoms with Crippen molar-refractivity contribution in [1.29, 1.82) is 0 Å². The molecular weight excluding hydrogens is 302 g/mol. The first-order valence-corrected chi connectivity index (χ1v) is 7.47. The molecule has 1 aromatic rings. The number of halogens is 1. The van der Waals surface area contributed by atoms with Crippen molar-refractivity contribution in [2.45, 2.75) is 19.3 Å². The molecule has 2 rings (SSSR count). The van der Waals surface area contributed by atoms with E-state index in [1.807, 2.05) is 0 Å². The van der Waals surface area contributed by atoms with Crippen molar-refractivity contribution in [3.05, 3.63) is 58.4 Å². The smallest absolute Gasteiger partial charge is 0.176 e. The van der Waals surface area contributed by atoms with Gasteiger partial charge in [0, 0.05) is 12.5 Å². The third-order valence-corrected chi connectivity index (χ3v) is 4.19. The second-order valence-electron chi connectivity index (χ2n) is 5.31. The zero-order valence-electron chi connectivity index (χ0n) is 12.4. The standard InChI is InChI=1S/C17H20ClNO3/c1-3-11(5-4-10(2)20)14-9-19-7-6-12-13(14)8-15(21)17(22)16(12)18/h3-5,8,14,19-22H,1,6-7,9H2,2H3/b10-4+,11-5+. The highest BCUT2D eigenvalue weighted by atomic mass is 35.5. The number of fused-ring (bicyclic) bond motifs is 1. The molecule has 0 radical (unpaired) electrons. The second-order valence-corrected chi connectivity index (χ2v) is 5.69. The van der Waals surface area contributed by atoms with Gasteiger partial charge in [0.25, 0.3) is 0 Å². The summed E-state index contributed by atoms with van der Waals surface area (Å²) in [5.41, 5.74) is 2.58. The summed E-state index contributed by atoms with van der Waals surface area (Å²) in [6.45, 7) is 6.81. The van der Waals surface area contributed by atoms with Crippen LogP contribution in [0.2, 0.25) is 5.02 Å². The monoisotopic (exact) mass is 321 g/mol. The van der Waals surface area contributed by atoms with Crippen LogP contribution >= 0.6 is 11.6 Å². The maximum absolute atomic E-state index is 9.89. The molecule has 22 heavy (non-hydrogen) atoms. The predicted octanol–water partition coefficient (Wildman–Crippen LogP) is 3.55. The zero-order valence-corrected chi connectivity index (χ0v) is 13.2. The van der Waals surface area contributed by atoms with Gasteiger partial charge in [0.15, 0.2) is 11.5 Å². The van der Waals surface area contributed by atoms with E-state index in [4.69, 9.17) is 11.6 Å². The van der Waals surface area contributed by atoms with Gasteiger partial charge in [-0.2, -0.15) is 0 Å². The molecule has 5 heteroatoms. The highest BCUT2D eigenvalue weighted by Gasteiger charge is 2.25. The molecule has 1 aliphatic rings. The SMILES string of the molecule is C=C/C(=C\C=C(/C)O)C1CNCCc2c1cc(O)c(O)c2Cl. The van der Waals surface area contributed by atoms with E-state index in [2.05, 4.69) is 11.9 Å². The van der Waals surface area contributed by atoms with Gasteiger partial charge in [-0.05, 0) is 48.7 Å². The molecule has 0 spiro atoms. The number of phenolic OH excluding ortho intramolecular Hbond substituents is 2. The number of benzene rings is 1. The van der Waals surface area contributed by atoms with E-state index in [0.717, 1.165) is 23.2 Å². The summed E-state index contributed by atoms with van der Waals surface area (Å²) in [5, 5.41) is 32.6. The first-order valence-electron chi connectivity index (χ1n) is 7.09. The van der Waals surface area contributed by atoms with Crippen LogP contribution < -0.4 is 5.32 Å². The molecule has 1 atom stereocenters. The molecule has 0 bridgehead atoms. The quantitative estimate of drug-likeness (QED) is 0.390. The van der Waals surface area contributed by atoms with E-state index in [1.54, 1.807) is 31.2 Å². The lowest BCUT2D eigenvalue weighted by molar-refractivity contribution is 0.402. The fourth-order valence-corrected chi connectivity index (χ4v) is 2.96. The Morgan fingerprint density at radius 1 is 1.41 bits per heavy atom. The minimum Gasteiger partial charge on any atom is -0.513 e. The summed E-state index contributed by atoms with van der Waals surface area (Å²) < 4.78 is 0. The molecule has 0 amide bonds. The van der Waals surface area contributed by atoms with E-state index in [9.17, 15) is 15.3 Å². The van der Waals surface area contributed by atoms with Crippen molar-refractivity contribution in [2.24, 2.45) is 0 Å². The maximum Gasteiger partial charge on any atom is 0.176 e. The van der Waals surface area contributed by atoms with Crippen LogP contribution in [0.1, 0.15) is 24.0 Å². The summed E-state index contributed by atoms with van der Waals surface area (Å²) in [7, 11) is 0. The number of aromatic hydroxyl groups is 2. The van der Waals surface area contributed by atoms with Crippen LogP contribution in [-0.2, 0) is 6.42 Å². The van der Waals surface area contributed by atoms with Gasteiger partial charge in [0.05, 0.1) is 10.8 Å². The zero-order chi connectivity index (χ0) is 16.3. The van der Waals surface area contributed by atoms with E-state index in [0.29, 0.717) is 13.0 Å². The fourth-order valence-electron chi connectivity index (χ4n) is 2.66. The fraction of sp³-hybridized carbons (Fsp3) is 0.294. The average Bonchev–Trinajstić information content (AvgIpc) is 2.68. The number of allylic oxidation sites excluding steroid dienone is 4. The van der Waals surface area contributed by atoms with Crippen LogP contribution in [0.3, 0.4) is 0 Å². The molecule has 0 fully saturated rings. The Kier molecular flexibility index (Phi) is 5.16. The van der Waals surface area contributed by atoms with Gasteiger partial charge < -0.3 is 20.6 Å². The Hall–Kier alpha value is -1.91. The molecule has 4 N–H and O–H groups in total. The van der Waals surface area contributed by atoms with Gasteiger partial charge in [-0.3, -0.25) is 0 Å². The van der Waals surface area contributed by atoms with Crippen molar-refractivity contribution in [3.8, 4) is 11.5 Å². The molecule has 118 valence electrons. The van der Waals surface area contributed by atoms with Crippen LogP contribution in [0.15, 0.2) is 42.2 Å². The predicted molar refractivity (Wildman–Crippen MR) is 88.8 cm³/mol. The number of rotatable bonds is 3. The number of aliphatic hydroxyl groups excluding tert-OH is 1. The van der Waals surface area contributed by atoms with Gasteiger partial charge in [-0.15, -0.1) is 0 Å². The number of aliphatic hydroxyl groups is 1. The average molecular weight is 322 g/mol. The van der Waals surface area contributed by atoms with Crippen molar-refractivity contribution in [1.82, 2.24) is 5.32 Å². The van der Waals surface area contributed by atoms with E-state index >= 15 is 0 Å². The summed E-state index contributed by atoms with van der Waals surface area (Å²) in [6, 6.07) is 1.56. The summed E-state index contributed by atoms with van der Waals surface area (Å²) >= 11 is 6.19. The van der Waals surface area contributed by atoms with Crippen molar-refractivity contribution < 1.29 is 15.3 Å². The molecule has 1 aliphatic heterocycles. The van der Waals surface area contributed by atoms with Gasteiger partial charge >= 0.3 is 0 Å². The molecule has 0 aliphatic carbocycles. The van der Waals surface area contributed by atoms with Crippen molar-refractivity contribution in [3.63, 3.8) is 0 Å². The maximum atomic E-state index is 9.89. The molecular formula is C17H20ClNO3. The van der Waals surface area contributed by atoms with Crippen LogP contribution in [0, 0.1) is 0 Å². The lowest BCUT2D eigenvalue weighted by Crippen LogP contribution is -2.21. The van der Waals surface area contributed by atoms with Crippen molar-refractivity contribution >= 4 is 11.6 Å². The minimum absolute atomic E-state index is 0.0744. The van der Waals surface area contributed by atoms with E-state index in [-0.39, 0.29) is 28.2 Å². The minimum atomic E-state index is -0.281. The van der Waals surface area contributed by atoms with Gasteiger partial charge in [0.1, 0.15) is 0 Å². The summed E-state index contributed by atoms with van der Waals surface area (Å²) in [5.74, 6) is -0.383.